The molecule has 14 rings (SSSR count). The fourth-order valence-electron chi connectivity index (χ4n) is 13.3. The first-order valence-electron chi connectivity index (χ1n) is 26.8. The van der Waals surface area contributed by atoms with Crippen molar-refractivity contribution < 1.29 is 0 Å². The molecule has 0 unspecified atom stereocenters. The highest BCUT2D eigenvalue weighted by molar-refractivity contribution is 7.26. The Labute approximate surface area is 428 Å². The molecule has 11 aromatic rings. The number of thiophene rings is 1. The van der Waals surface area contributed by atoms with Gasteiger partial charge in [-0.1, -0.05) is 168 Å². The summed E-state index contributed by atoms with van der Waals surface area (Å²) in [6.45, 7) is 4.98. The molecule has 352 valence electrons. The number of hydrogen-bond donors (Lipinski definition) is 0. The van der Waals surface area contributed by atoms with Gasteiger partial charge in [0.05, 0.1) is 5.69 Å². The van der Waals surface area contributed by atoms with Gasteiger partial charge in [0.1, 0.15) is 0 Å². The van der Waals surface area contributed by atoms with Gasteiger partial charge in [-0.15, -0.1) is 11.3 Å². The van der Waals surface area contributed by atoms with Crippen LogP contribution in [0.1, 0.15) is 112 Å². The summed E-state index contributed by atoms with van der Waals surface area (Å²) in [6.07, 6.45) is 13.2. The predicted molar refractivity (Wildman–Crippen MR) is 310 cm³/mol. The van der Waals surface area contributed by atoms with Crippen LogP contribution < -0.4 is 9.80 Å². The summed E-state index contributed by atoms with van der Waals surface area (Å²) in [5.74, 6) is 1.30. The molecule has 3 aliphatic rings. The summed E-state index contributed by atoms with van der Waals surface area (Å²) in [6, 6.07) is 74.7. The van der Waals surface area contributed by atoms with E-state index in [4.69, 9.17) is 0 Å². The standard InChI is InChI=1S/C69H60N2S/c1-69(2)63-43-59(70(57-35-29-47-19-9-11-21-51(47)39-57)55-31-25-49(26-32-55)45-15-5-3-6-16-45)37-38-60(63)66-64(44-62-61-41-53-23-13-14-24-54(53)42-65(61)72-68(62)67(66)69)71(58-36-30-48-20-10-12-22-52(48)40-58)56-33-27-50(28-34-56)46-17-7-4-8-18-46/h9-14,19-46H,3-8,15-18H2,1-2H3. The first-order chi connectivity index (χ1) is 35.4. The highest BCUT2D eigenvalue weighted by Gasteiger charge is 2.41. The molecule has 2 saturated carbocycles. The Kier molecular flexibility index (Phi) is 10.6. The van der Waals surface area contributed by atoms with Gasteiger partial charge in [0.15, 0.2) is 0 Å². The molecule has 1 heterocycles. The van der Waals surface area contributed by atoms with Crippen LogP contribution in [0, 0.1) is 0 Å². The van der Waals surface area contributed by atoms with Crippen LogP contribution in [0.25, 0.3) is 63.6 Å². The highest BCUT2D eigenvalue weighted by Crippen LogP contribution is 2.60. The van der Waals surface area contributed by atoms with Gasteiger partial charge in [-0.05, 0) is 177 Å². The molecule has 0 spiro atoms. The first kappa shape index (κ1) is 43.6. The molecule has 0 bridgehead atoms. The summed E-state index contributed by atoms with van der Waals surface area (Å²) in [7, 11) is 0. The zero-order chi connectivity index (χ0) is 47.9. The summed E-state index contributed by atoms with van der Waals surface area (Å²) < 4.78 is 2.72. The minimum absolute atomic E-state index is 0.324. The molecular weight excluding hydrogens is 889 g/mol. The lowest BCUT2D eigenvalue weighted by molar-refractivity contribution is 0.443. The van der Waals surface area contributed by atoms with E-state index < -0.39 is 0 Å². The van der Waals surface area contributed by atoms with Crippen molar-refractivity contribution >= 4 is 98.0 Å². The monoisotopic (exact) mass is 948 g/mol. The van der Waals surface area contributed by atoms with E-state index in [9.17, 15) is 0 Å². The Morgan fingerprint density at radius 1 is 0.403 bits per heavy atom. The van der Waals surface area contributed by atoms with Crippen molar-refractivity contribution in [2.24, 2.45) is 0 Å². The quantitative estimate of drug-likeness (QED) is 0.150. The number of benzene rings is 10. The van der Waals surface area contributed by atoms with Crippen LogP contribution in [0.4, 0.5) is 34.1 Å². The van der Waals surface area contributed by atoms with Crippen molar-refractivity contribution in [2.45, 2.75) is 95.3 Å². The molecule has 1 aromatic heterocycles. The van der Waals surface area contributed by atoms with Crippen molar-refractivity contribution in [1.29, 1.82) is 0 Å². The largest absolute Gasteiger partial charge is 0.310 e. The minimum Gasteiger partial charge on any atom is -0.310 e. The highest BCUT2D eigenvalue weighted by atomic mass is 32.1. The molecule has 2 fully saturated rings. The van der Waals surface area contributed by atoms with E-state index in [0.29, 0.717) is 11.8 Å². The molecule has 0 atom stereocenters. The Balaban J connectivity index is 1.000. The SMILES string of the molecule is CC1(C)c2cc(N(c3ccc(C4CCCCC4)cc3)c3ccc4ccccc4c3)ccc2-c2c(N(c3ccc(C4CCCCC4)cc3)c3ccc4ccccc4c3)cc3c(sc4cc5ccccc5cc43)c21. The Bertz CT molecular complexity index is 3870. The van der Waals surface area contributed by atoms with Crippen LogP contribution in [0.5, 0.6) is 0 Å². The lowest BCUT2D eigenvalue weighted by atomic mass is 9.81. The average Bonchev–Trinajstić information content (AvgIpc) is 3.91. The van der Waals surface area contributed by atoms with E-state index >= 15 is 0 Å². The van der Waals surface area contributed by atoms with E-state index in [1.165, 1.54) is 184 Å². The van der Waals surface area contributed by atoms with Gasteiger partial charge in [0, 0.05) is 59.6 Å². The smallest absolute Gasteiger partial charge is 0.0550 e. The van der Waals surface area contributed by atoms with Crippen LogP contribution in [0.3, 0.4) is 0 Å². The third-order valence-electron chi connectivity index (χ3n) is 17.1. The maximum Gasteiger partial charge on any atom is 0.0550 e. The second-order valence-electron chi connectivity index (χ2n) is 21.8. The predicted octanol–water partition coefficient (Wildman–Crippen LogP) is 20.9. The van der Waals surface area contributed by atoms with Gasteiger partial charge in [0.2, 0.25) is 0 Å². The molecule has 0 saturated heterocycles. The summed E-state index contributed by atoms with van der Waals surface area (Å²) in [5, 5.41) is 10.2. The Morgan fingerprint density at radius 3 is 1.43 bits per heavy atom. The van der Waals surface area contributed by atoms with E-state index in [1.54, 1.807) is 0 Å². The van der Waals surface area contributed by atoms with Gasteiger partial charge in [-0.25, -0.2) is 0 Å². The van der Waals surface area contributed by atoms with Crippen molar-refractivity contribution in [2.75, 3.05) is 9.80 Å². The molecule has 3 aliphatic carbocycles. The molecule has 3 heteroatoms. The van der Waals surface area contributed by atoms with Gasteiger partial charge in [0.25, 0.3) is 0 Å². The van der Waals surface area contributed by atoms with Crippen molar-refractivity contribution in [3.8, 4) is 11.1 Å². The number of hydrogen-bond acceptors (Lipinski definition) is 3. The van der Waals surface area contributed by atoms with E-state index in [2.05, 4.69) is 218 Å². The van der Waals surface area contributed by atoms with Gasteiger partial charge >= 0.3 is 0 Å². The fourth-order valence-corrected chi connectivity index (χ4v) is 14.8. The van der Waals surface area contributed by atoms with Crippen LogP contribution in [0.2, 0.25) is 0 Å². The molecule has 2 nitrogen and oxygen atoms in total. The van der Waals surface area contributed by atoms with Crippen LogP contribution in [-0.4, -0.2) is 0 Å². The lowest BCUT2D eigenvalue weighted by Gasteiger charge is -2.30. The molecule has 0 N–H and O–H groups in total. The van der Waals surface area contributed by atoms with Gasteiger partial charge in [-0.2, -0.15) is 0 Å². The normalized spacial score (nSPS) is 15.9. The molecular formula is C69H60N2S. The number of fused-ring (bicyclic) bond motifs is 10. The summed E-state index contributed by atoms with van der Waals surface area (Å²) in [4.78, 5) is 5.10. The average molecular weight is 949 g/mol. The van der Waals surface area contributed by atoms with Crippen molar-refractivity contribution in [1.82, 2.24) is 0 Å². The molecule has 10 aromatic carbocycles. The van der Waals surface area contributed by atoms with Gasteiger partial charge < -0.3 is 9.80 Å². The molecule has 0 radical (unpaired) electrons. The van der Waals surface area contributed by atoms with Gasteiger partial charge in [-0.3, -0.25) is 0 Å². The summed E-state index contributed by atoms with van der Waals surface area (Å²) >= 11 is 1.98. The van der Waals surface area contributed by atoms with E-state index in [1.807, 2.05) is 11.3 Å². The van der Waals surface area contributed by atoms with E-state index in [0.717, 1.165) is 0 Å². The number of anilines is 6. The zero-order valence-corrected chi connectivity index (χ0v) is 42.3. The molecule has 72 heavy (non-hydrogen) atoms. The second-order valence-corrected chi connectivity index (χ2v) is 22.8. The maximum absolute atomic E-state index is 2.59. The molecule has 0 aliphatic heterocycles. The first-order valence-corrected chi connectivity index (χ1v) is 27.6. The Morgan fingerprint density at radius 2 is 0.861 bits per heavy atom. The fraction of sp³-hybridized carbons (Fsp3) is 0.217. The van der Waals surface area contributed by atoms with Crippen LogP contribution in [-0.2, 0) is 5.41 Å². The van der Waals surface area contributed by atoms with Crippen molar-refractivity contribution in [3.05, 3.63) is 216 Å². The second kappa shape index (κ2) is 17.5. The summed E-state index contributed by atoms with van der Waals surface area (Å²) in [5.41, 5.74) is 15.2. The van der Waals surface area contributed by atoms with Crippen LogP contribution >= 0.6 is 11.3 Å². The van der Waals surface area contributed by atoms with Crippen molar-refractivity contribution in [3.63, 3.8) is 0 Å². The topological polar surface area (TPSA) is 6.48 Å². The Hall–Kier alpha value is -7.20. The lowest BCUT2D eigenvalue weighted by Crippen LogP contribution is -2.17. The zero-order valence-electron chi connectivity index (χ0n) is 41.5. The van der Waals surface area contributed by atoms with E-state index in [-0.39, 0.29) is 5.41 Å². The number of rotatable bonds is 8. The molecule has 0 amide bonds. The minimum atomic E-state index is -0.324. The number of nitrogens with zero attached hydrogens (tertiary/aromatic N) is 2. The van der Waals surface area contributed by atoms with Crippen LogP contribution in [0.15, 0.2) is 194 Å². The third kappa shape index (κ3) is 7.34. The third-order valence-corrected chi connectivity index (χ3v) is 18.3. The maximum atomic E-state index is 2.59.